The maximum atomic E-state index is 12.2. The Kier molecular flexibility index (Phi) is 4.51. The van der Waals surface area contributed by atoms with E-state index < -0.39 is 0 Å². The lowest BCUT2D eigenvalue weighted by atomic mass is 9.80. The maximum absolute atomic E-state index is 12.2. The van der Waals surface area contributed by atoms with Gasteiger partial charge in [-0.3, -0.25) is 10.1 Å². The Morgan fingerprint density at radius 1 is 1.24 bits per heavy atom. The number of hydrogen-bond acceptors (Lipinski definition) is 2. The molecule has 1 aliphatic carbocycles. The summed E-state index contributed by atoms with van der Waals surface area (Å²) in [5.74, 6) is 1.57. The fourth-order valence-electron chi connectivity index (χ4n) is 3.61. The average molecular weight is 307 g/mol. The molecule has 1 saturated heterocycles. The third kappa shape index (κ3) is 3.24. The summed E-state index contributed by atoms with van der Waals surface area (Å²) in [4.78, 5) is 14.3. The topological polar surface area (TPSA) is 32.3 Å². The normalized spacial score (nSPS) is 29.9. The Labute approximate surface area is 131 Å². The van der Waals surface area contributed by atoms with Gasteiger partial charge < -0.3 is 4.90 Å². The number of carbonyl (C=O) groups excluding carboxylic acids is 1. The lowest BCUT2D eigenvalue weighted by molar-refractivity contribution is -0.129. The number of amides is 1. The summed E-state index contributed by atoms with van der Waals surface area (Å²) in [6.45, 7) is 3.64. The monoisotopic (exact) mass is 306 g/mol. The van der Waals surface area contributed by atoms with E-state index in [1.807, 2.05) is 29.2 Å². The SMILES string of the molecule is CC1CCCCC1CN1C(=O)CNC1c1ccc(Cl)cc1. The van der Waals surface area contributed by atoms with E-state index in [1.54, 1.807) is 0 Å². The average Bonchev–Trinajstić information content (AvgIpc) is 2.84. The zero-order valence-electron chi connectivity index (χ0n) is 12.5. The molecule has 0 spiro atoms. The van der Waals surface area contributed by atoms with Gasteiger partial charge in [0.2, 0.25) is 5.91 Å². The number of benzene rings is 1. The van der Waals surface area contributed by atoms with Gasteiger partial charge in [-0.05, 0) is 36.0 Å². The van der Waals surface area contributed by atoms with Crippen LogP contribution in [0.2, 0.25) is 5.02 Å². The molecule has 21 heavy (non-hydrogen) atoms. The molecule has 3 nitrogen and oxygen atoms in total. The van der Waals surface area contributed by atoms with E-state index in [9.17, 15) is 4.79 Å². The van der Waals surface area contributed by atoms with Crippen LogP contribution in [0.3, 0.4) is 0 Å². The molecule has 1 aromatic rings. The van der Waals surface area contributed by atoms with Gasteiger partial charge in [-0.25, -0.2) is 0 Å². The standard InChI is InChI=1S/C17H23ClN2O/c1-12-4-2-3-5-14(12)11-20-16(21)10-19-17(20)13-6-8-15(18)9-7-13/h6-9,12,14,17,19H,2-5,10-11H2,1H3. The number of nitrogens with zero attached hydrogens (tertiary/aromatic N) is 1. The number of carbonyl (C=O) groups is 1. The van der Waals surface area contributed by atoms with Gasteiger partial charge in [0.05, 0.1) is 6.54 Å². The minimum absolute atomic E-state index is 0.00360. The van der Waals surface area contributed by atoms with Gasteiger partial charge in [0.25, 0.3) is 0 Å². The fourth-order valence-corrected chi connectivity index (χ4v) is 3.73. The van der Waals surface area contributed by atoms with Crippen LogP contribution in [0.1, 0.15) is 44.3 Å². The Morgan fingerprint density at radius 3 is 2.67 bits per heavy atom. The summed E-state index contributed by atoms with van der Waals surface area (Å²) >= 11 is 5.96. The number of nitrogens with one attached hydrogen (secondary N) is 1. The van der Waals surface area contributed by atoms with Crippen LogP contribution in [0.25, 0.3) is 0 Å². The summed E-state index contributed by atoms with van der Waals surface area (Å²) in [6.07, 6.45) is 5.19. The highest BCUT2D eigenvalue weighted by Gasteiger charge is 2.34. The largest absolute Gasteiger partial charge is 0.322 e. The first kappa shape index (κ1) is 14.9. The van der Waals surface area contributed by atoms with E-state index in [0.29, 0.717) is 12.5 Å². The van der Waals surface area contributed by atoms with Crippen LogP contribution in [0.5, 0.6) is 0 Å². The van der Waals surface area contributed by atoms with Crippen LogP contribution in [-0.2, 0) is 4.79 Å². The molecule has 1 amide bonds. The molecular formula is C17H23ClN2O. The molecule has 1 aromatic carbocycles. The zero-order chi connectivity index (χ0) is 14.8. The molecule has 1 saturated carbocycles. The van der Waals surface area contributed by atoms with Crippen molar-refractivity contribution >= 4 is 17.5 Å². The molecule has 0 aromatic heterocycles. The van der Waals surface area contributed by atoms with Crippen LogP contribution in [-0.4, -0.2) is 23.9 Å². The fraction of sp³-hybridized carbons (Fsp3) is 0.588. The first-order chi connectivity index (χ1) is 10.1. The van der Waals surface area contributed by atoms with Crippen molar-refractivity contribution in [3.05, 3.63) is 34.9 Å². The Bertz CT molecular complexity index is 502. The third-order valence-corrected chi connectivity index (χ3v) is 5.24. The van der Waals surface area contributed by atoms with E-state index in [0.717, 1.165) is 23.0 Å². The molecule has 4 heteroatoms. The van der Waals surface area contributed by atoms with Crippen molar-refractivity contribution in [1.82, 2.24) is 10.2 Å². The molecule has 0 bridgehead atoms. The lowest BCUT2D eigenvalue weighted by Crippen LogP contribution is -2.37. The lowest BCUT2D eigenvalue weighted by Gasteiger charge is -2.34. The number of rotatable bonds is 3. The summed E-state index contributed by atoms with van der Waals surface area (Å²) in [6, 6.07) is 7.80. The van der Waals surface area contributed by atoms with Crippen molar-refractivity contribution in [3.63, 3.8) is 0 Å². The molecule has 1 aliphatic heterocycles. The van der Waals surface area contributed by atoms with Gasteiger partial charge in [0.15, 0.2) is 0 Å². The van der Waals surface area contributed by atoms with Crippen molar-refractivity contribution in [1.29, 1.82) is 0 Å². The van der Waals surface area contributed by atoms with Gasteiger partial charge in [0, 0.05) is 11.6 Å². The summed E-state index contributed by atoms with van der Waals surface area (Å²) in [5, 5.41) is 4.06. The van der Waals surface area contributed by atoms with Crippen LogP contribution in [0.4, 0.5) is 0 Å². The Hall–Kier alpha value is -1.06. The predicted octanol–water partition coefficient (Wildman–Crippen LogP) is 3.60. The quantitative estimate of drug-likeness (QED) is 0.925. The van der Waals surface area contributed by atoms with E-state index in [1.165, 1.54) is 25.7 Å². The second-order valence-electron chi connectivity index (χ2n) is 6.40. The second-order valence-corrected chi connectivity index (χ2v) is 6.84. The molecule has 2 fully saturated rings. The van der Waals surface area contributed by atoms with Gasteiger partial charge in [-0.2, -0.15) is 0 Å². The molecule has 3 unspecified atom stereocenters. The van der Waals surface area contributed by atoms with Crippen molar-refractivity contribution in [2.24, 2.45) is 11.8 Å². The highest BCUT2D eigenvalue weighted by atomic mass is 35.5. The first-order valence-electron chi connectivity index (χ1n) is 7.93. The minimum Gasteiger partial charge on any atom is -0.322 e. The zero-order valence-corrected chi connectivity index (χ0v) is 13.3. The van der Waals surface area contributed by atoms with E-state index in [4.69, 9.17) is 11.6 Å². The smallest absolute Gasteiger partial charge is 0.238 e. The molecule has 0 radical (unpaired) electrons. The van der Waals surface area contributed by atoms with Crippen molar-refractivity contribution in [2.75, 3.05) is 13.1 Å². The summed E-state index contributed by atoms with van der Waals surface area (Å²) < 4.78 is 0. The van der Waals surface area contributed by atoms with Crippen molar-refractivity contribution in [2.45, 2.75) is 38.8 Å². The van der Waals surface area contributed by atoms with Crippen LogP contribution < -0.4 is 5.32 Å². The molecule has 1 heterocycles. The third-order valence-electron chi connectivity index (χ3n) is 4.98. The predicted molar refractivity (Wildman–Crippen MR) is 85.0 cm³/mol. The maximum Gasteiger partial charge on any atom is 0.238 e. The van der Waals surface area contributed by atoms with E-state index in [2.05, 4.69) is 12.2 Å². The number of hydrogen-bond donors (Lipinski definition) is 1. The molecule has 3 atom stereocenters. The van der Waals surface area contributed by atoms with Crippen molar-refractivity contribution < 1.29 is 4.79 Å². The van der Waals surface area contributed by atoms with Crippen LogP contribution in [0, 0.1) is 11.8 Å². The Balaban J connectivity index is 1.74. The van der Waals surface area contributed by atoms with Gasteiger partial charge in [-0.1, -0.05) is 49.9 Å². The van der Waals surface area contributed by atoms with Crippen LogP contribution >= 0.6 is 11.6 Å². The number of halogens is 1. The molecular weight excluding hydrogens is 284 g/mol. The van der Waals surface area contributed by atoms with E-state index in [-0.39, 0.29) is 12.1 Å². The van der Waals surface area contributed by atoms with Gasteiger partial charge >= 0.3 is 0 Å². The molecule has 114 valence electrons. The van der Waals surface area contributed by atoms with E-state index >= 15 is 0 Å². The van der Waals surface area contributed by atoms with Gasteiger partial charge in [-0.15, -0.1) is 0 Å². The molecule has 1 N–H and O–H groups in total. The highest BCUT2D eigenvalue weighted by molar-refractivity contribution is 6.30. The second kappa shape index (κ2) is 6.37. The summed E-state index contributed by atoms with van der Waals surface area (Å²) in [7, 11) is 0. The minimum atomic E-state index is 0.00360. The highest BCUT2D eigenvalue weighted by Crippen LogP contribution is 2.33. The van der Waals surface area contributed by atoms with Crippen LogP contribution in [0.15, 0.2) is 24.3 Å². The van der Waals surface area contributed by atoms with Gasteiger partial charge in [0.1, 0.15) is 6.17 Å². The summed E-state index contributed by atoms with van der Waals surface area (Å²) in [5.41, 5.74) is 1.12. The Morgan fingerprint density at radius 2 is 1.95 bits per heavy atom. The van der Waals surface area contributed by atoms with Crippen molar-refractivity contribution in [3.8, 4) is 0 Å². The molecule has 2 aliphatic rings. The first-order valence-corrected chi connectivity index (χ1v) is 8.31. The molecule has 3 rings (SSSR count).